The van der Waals surface area contributed by atoms with Gasteiger partial charge in [0.05, 0.1) is 11.4 Å². The molecule has 0 atom stereocenters. The highest BCUT2D eigenvalue weighted by molar-refractivity contribution is 8.18. The average molecular weight is 450 g/mol. The Kier molecular flexibility index (Phi) is 5.93. The number of amides is 2. The smallest absolute Gasteiger partial charge is 0.293 e. The minimum Gasteiger partial charge on any atom is -0.378 e. The molecule has 0 saturated carbocycles. The number of carbonyl (C=O) groups is 2. The lowest BCUT2D eigenvalue weighted by Gasteiger charge is -2.15. The van der Waals surface area contributed by atoms with Crippen LogP contribution in [0, 0.1) is 19.7 Å². The molecule has 4 rings (SSSR count). The van der Waals surface area contributed by atoms with Gasteiger partial charge in [-0.15, -0.1) is 0 Å². The molecule has 0 radical (unpaired) electrons. The van der Waals surface area contributed by atoms with Crippen molar-refractivity contribution < 1.29 is 14.0 Å². The lowest BCUT2D eigenvalue weighted by atomic mass is 10.2. The Bertz CT molecular complexity index is 1210. The molecule has 0 bridgehead atoms. The van der Waals surface area contributed by atoms with Gasteiger partial charge in [0.2, 0.25) is 0 Å². The summed E-state index contributed by atoms with van der Waals surface area (Å²) in [6.07, 6.45) is 1.78. The molecule has 1 fully saturated rings. The number of hydrogen-bond donors (Lipinski definition) is 0. The Morgan fingerprint density at radius 1 is 1.00 bits per heavy atom. The Morgan fingerprint density at radius 3 is 2.28 bits per heavy atom. The van der Waals surface area contributed by atoms with Crippen LogP contribution in [0.5, 0.6) is 0 Å². The minimum absolute atomic E-state index is 0.125. The van der Waals surface area contributed by atoms with Crippen LogP contribution in [0.3, 0.4) is 0 Å². The van der Waals surface area contributed by atoms with Crippen molar-refractivity contribution in [2.24, 2.45) is 0 Å². The summed E-state index contributed by atoms with van der Waals surface area (Å²) in [4.78, 5) is 29.0. The molecule has 2 aromatic carbocycles. The van der Waals surface area contributed by atoms with Gasteiger partial charge < -0.3 is 9.47 Å². The summed E-state index contributed by atoms with van der Waals surface area (Å²) >= 11 is 0.934. The first-order valence-electron chi connectivity index (χ1n) is 10.2. The molecule has 0 spiro atoms. The number of carbonyl (C=O) groups excluding carboxylic acids is 2. The number of nitrogens with zero attached hydrogens (tertiary/aromatic N) is 3. The lowest BCUT2D eigenvalue weighted by molar-refractivity contribution is -0.123. The van der Waals surface area contributed by atoms with Crippen LogP contribution < -0.4 is 4.90 Å². The predicted octanol–water partition coefficient (Wildman–Crippen LogP) is 5.54. The van der Waals surface area contributed by atoms with E-state index in [1.165, 1.54) is 17.0 Å². The Morgan fingerprint density at radius 2 is 1.66 bits per heavy atom. The number of imide groups is 1. The fourth-order valence-corrected chi connectivity index (χ4v) is 4.61. The maximum atomic E-state index is 13.1. The zero-order valence-corrected chi connectivity index (χ0v) is 19.2. The number of halogens is 1. The van der Waals surface area contributed by atoms with Crippen molar-refractivity contribution in [3.05, 3.63) is 87.8 Å². The summed E-state index contributed by atoms with van der Waals surface area (Å²) in [5.41, 5.74) is 5.78. The van der Waals surface area contributed by atoms with Gasteiger partial charge in [-0.3, -0.25) is 14.5 Å². The summed E-state index contributed by atoms with van der Waals surface area (Å²) in [6, 6.07) is 16.1. The van der Waals surface area contributed by atoms with E-state index in [1.54, 1.807) is 18.2 Å². The van der Waals surface area contributed by atoms with E-state index in [2.05, 4.69) is 28.8 Å². The van der Waals surface area contributed by atoms with Crippen LogP contribution in [-0.2, 0) is 11.3 Å². The van der Waals surface area contributed by atoms with Gasteiger partial charge in [0.25, 0.3) is 11.1 Å². The van der Waals surface area contributed by atoms with E-state index in [0.717, 1.165) is 40.1 Å². The van der Waals surface area contributed by atoms with Crippen LogP contribution in [0.15, 0.2) is 59.5 Å². The first-order chi connectivity index (χ1) is 15.2. The number of anilines is 1. The highest BCUT2D eigenvalue weighted by atomic mass is 32.2. The van der Waals surface area contributed by atoms with Gasteiger partial charge in [0, 0.05) is 36.9 Å². The van der Waals surface area contributed by atoms with E-state index >= 15 is 0 Å². The molecule has 0 N–H and O–H groups in total. The molecule has 164 valence electrons. The van der Waals surface area contributed by atoms with Crippen molar-refractivity contribution in [2.45, 2.75) is 20.4 Å². The highest BCUT2D eigenvalue weighted by Crippen LogP contribution is 2.34. The predicted molar refractivity (Wildman–Crippen MR) is 127 cm³/mol. The van der Waals surface area contributed by atoms with Gasteiger partial charge in [0.1, 0.15) is 5.82 Å². The maximum absolute atomic E-state index is 13.1. The van der Waals surface area contributed by atoms with E-state index in [1.807, 2.05) is 38.9 Å². The molecular formula is C25H24FN3O2S. The Balaban J connectivity index is 1.60. The third kappa shape index (κ3) is 4.21. The molecule has 2 heterocycles. The second-order valence-electron chi connectivity index (χ2n) is 7.97. The van der Waals surface area contributed by atoms with Crippen LogP contribution in [0.25, 0.3) is 11.8 Å². The fourth-order valence-electron chi connectivity index (χ4n) is 3.78. The lowest BCUT2D eigenvalue weighted by Crippen LogP contribution is -2.27. The van der Waals surface area contributed by atoms with E-state index in [-0.39, 0.29) is 23.5 Å². The van der Waals surface area contributed by atoms with Gasteiger partial charge in [0.15, 0.2) is 0 Å². The van der Waals surface area contributed by atoms with Crippen LogP contribution >= 0.6 is 11.8 Å². The second-order valence-corrected chi connectivity index (χ2v) is 8.96. The van der Waals surface area contributed by atoms with Crippen molar-refractivity contribution in [3.8, 4) is 5.69 Å². The number of aromatic nitrogens is 1. The standard InChI is InChI=1S/C25H24FN3O2S/c1-16-13-19(17(2)29(16)22-11-9-21(10-12-22)27(3)4)14-23-24(30)28(25(31)32-23)15-18-5-7-20(26)8-6-18/h5-14H,15H2,1-4H3. The largest absolute Gasteiger partial charge is 0.378 e. The van der Waals surface area contributed by atoms with E-state index in [4.69, 9.17) is 0 Å². The third-order valence-electron chi connectivity index (χ3n) is 5.51. The average Bonchev–Trinajstić information content (AvgIpc) is 3.19. The molecule has 0 unspecified atom stereocenters. The maximum Gasteiger partial charge on any atom is 0.293 e. The first-order valence-corrected chi connectivity index (χ1v) is 11.0. The molecule has 0 aliphatic carbocycles. The Hall–Kier alpha value is -3.32. The van der Waals surface area contributed by atoms with Gasteiger partial charge in [-0.25, -0.2) is 4.39 Å². The van der Waals surface area contributed by atoms with Crippen LogP contribution in [0.4, 0.5) is 14.9 Å². The molecular weight excluding hydrogens is 425 g/mol. The van der Waals surface area contributed by atoms with Crippen LogP contribution in [-0.4, -0.2) is 34.7 Å². The van der Waals surface area contributed by atoms with Crippen LogP contribution in [0.2, 0.25) is 0 Å². The number of rotatable bonds is 5. The topological polar surface area (TPSA) is 45.6 Å². The van der Waals surface area contributed by atoms with E-state index < -0.39 is 0 Å². The molecule has 1 aliphatic rings. The molecule has 5 nitrogen and oxygen atoms in total. The van der Waals surface area contributed by atoms with Gasteiger partial charge >= 0.3 is 0 Å². The number of hydrogen-bond acceptors (Lipinski definition) is 4. The van der Waals surface area contributed by atoms with Crippen LogP contribution in [0.1, 0.15) is 22.5 Å². The SMILES string of the molecule is Cc1cc(C=C2SC(=O)N(Cc3ccc(F)cc3)C2=O)c(C)n1-c1ccc(N(C)C)cc1. The Labute approximate surface area is 191 Å². The first kappa shape index (κ1) is 21.9. The second kappa shape index (κ2) is 8.67. The van der Waals surface area contributed by atoms with Crippen molar-refractivity contribution in [1.82, 2.24) is 9.47 Å². The number of thioether (sulfide) groups is 1. The molecule has 1 saturated heterocycles. The normalized spacial score (nSPS) is 15.2. The van der Waals surface area contributed by atoms with Crippen molar-refractivity contribution >= 4 is 34.7 Å². The highest BCUT2D eigenvalue weighted by Gasteiger charge is 2.35. The quantitative estimate of drug-likeness (QED) is 0.480. The summed E-state index contributed by atoms with van der Waals surface area (Å²) in [7, 11) is 4.00. The summed E-state index contributed by atoms with van der Waals surface area (Å²) < 4.78 is 15.3. The monoisotopic (exact) mass is 449 g/mol. The van der Waals surface area contributed by atoms with Crippen molar-refractivity contribution in [2.75, 3.05) is 19.0 Å². The molecule has 7 heteroatoms. The van der Waals surface area contributed by atoms with Gasteiger partial charge in [-0.1, -0.05) is 12.1 Å². The van der Waals surface area contributed by atoms with E-state index in [9.17, 15) is 14.0 Å². The number of aryl methyl sites for hydroxylation is 1. The summed E-state index contributed by atoms with van der Waals surface area (Å²) in [5, 5.41) is -0.321. The molecule has 2 amide bonds. The third-order valence-corrected chi connectivity index (χ3v) is 6.42. The molecule has 32 heavy (non-hydrogen) atoms. The van der Waals surface area contributed by atoms with Crippen molar-refractivity contribution in [3.63, 3.8) is 0 Å². The molecule has 1 aliphatic heterocycles. The molecule has 1 aromatic heterocycles. The van der Waals surface area contributed by atoms with E-state index in [0.29, 0.717) is 10.5 Å². The summed E-state index contributed by atoms with van der Waals surface area (Å²) in [5.74, 6) is -0.682. The summed E-state index contributed by atoms with van der Waals surface area (Å²) in [6.45, 7) is 4.14. The van der Waals surface area contributed by atoms with Gasteiger partial charge in [-0.2, -0.15) is 0 Å². The van der Waals surface area contributed by atoms with Gasteiger partial charge in [-0.05, 0) is 85.3 Å². The fraction of sp³-hybridized carbons (Fsp3) is 0.200. The number of benzene rings is 2. The zero-order chi connectivity index (χ0) is 23.0. The molecule has 3 aromatic rings. The zero-order valence-electron chi connectivity index (χ0n) is 18.4. The van der Waals surface area contributed by atoms with Crippen molar-refractivity contribution in [1.29, 1.82) is 0 Å². The minimum atomic E-state index is -0.352.